The molecule has 1 saturated heterocycles. The third kappa shape index (κ3) is 4.01. The van der Waals surface area contributed by atoms with E-state index in [1.165, 1.54) is 11.0 Å². The molecule has 150 valence electrons. The molecule has 1 aliphatic rings. The number of aromatic nitrogens is 2. The summed E-state index contributed by atoms with van der Waals surface area (Å²) < 4.78 is 44.3. The van der Waals surface area contributed by atoms with Crippen molar-refractivity contribution in [3.63, 3.8) is 0 Å². The summed E-state index contributed by atoms with van der Waals surface area (Å²) in [5.74, 6) is 0.555. The van der Waals surface area contributed by atoms with Crippen molar-refractivity contribution in [2.45, 2.75) is 38.5 Å². The Hall–Kier alpha value is -3.16. The molecule has 5 nitrogen and oxygen atoms in total. The van der Waals surface area contributed by atoms with Gasteiger partial charge in [-0.1, -0.05) is 47.1 Å². The van der Waals surface area contributed by atoms with E-state index in [0.29, 0.717) is 23.7 Å². The number of aryl methyl sites for hydroxylation is 1. The minimum atomic E-state index is -4.43. The molecule has 2 heterocycles. The van der Waals surface area contributed by atoms with Gasteiger partial charge in [-0.25, -0.2) is 0 Å². The standard InChI is InChI=1S/C21H18F3N3O2/c1-13-5-7-15(8-6-13)19-25-20(29-26-19)17-9-10-18(28)27(17)12-14-3-2-4-16(11-14)21(22,23)24/h2-8,11,17H,9-10,12H2,1H3. The average molecular weight is 401 g/mol. The van der Waals surface area contributed by atoms with Crippen LogP contribution in [0.2, 0.25) is 0 Å². The summed E-state index contributed by atoms with van der Waals surface area (Å²) >= 11 is 0. The van der Waals surface area contributed by atoms with Crippen LogP contribution < -0.4 is 0 Å². The predicted molar refractivity (Wildman–Crippen MR) is 98.4 cm³/mol. The average Bonchev–Trinajstić information content (AvgIpc) is 3.30. The van der Waals surface area contributed by atoms with Crippen LogP contribution in [0.1, 0.15) is 41.5 Å². The SMILES string of the molecule is Cc1ccc(-c2noc(C3CCC(=O)N3Cc3cccc(C(F)(F)F)c3)n2)cc1. The van der Waals surface area contributed by atoms with Gasteiger partial charge in [-0.3, -0.25) is 4.79 Å². The summed E-state index contributed by atoms with van der Waals surface area (Å²) in [6.07, 6.45) is -3.67. The van der Waals surface area contributed by atoms with Gasteiger partial charge in [0.2, 0.25) is 17.6 Å². The molecule has 1 aliphatic heterocycles. The number of halogens is 3. The van der Waals surface area contributed by atoms with Crippen molar-refractivity contribution in [2.75, 3.05) is 0 Å². The second kappa shape index (κ2) is 7.35. The van der Waals surface area contributed by atoms with Crippen LogP contribution >= 0.6 is 0 Å². The third-order valence-electron chi connectivity index (χ3n) is 4.97. The molecule has 1 unspecified atom stereocenters. The van der Waals surface area contributed by atoms with E-state index in [1.54, 1.807) is 6.07 Å². The van der Waals surface area contributed by atoms with Crippen LogP contribution in [0.15, 0.2) is 53.1 Å². The molecule has 1 aromatic heterocycles. The Morgan fingerprint density at radius 2 is 1.93 bits per heavy atom. The molecule has 1 fully saturated rings. The summed E-state index contributed by atoms with van der Waals surface area (Å²) in [5, 5.41) is 4.00. The zero-order chi connectivity index (χ0) is 20.6. The molecule has 8 heteroatoms. The van der Waals surface area contributed by atoms with Crippen LogP contribution in [0.25, 0.3) is 11.4 Å². The third-order valence-corrected chi connectivity index (χ3v) is 4.97. The Balaban J connectivity index is 1.57. The molecule has 0 saturated carbocycles. The first kappa shape index (κ1) is 19.2. The zero-order valence-corrected chi connectivity index (χ0v) is 15.6. The fourth-order valence-electron chi connectivity index (χ4n) is 3.42. The minimum Gasteiger partial charge on any atom is -0.337 e. The lowest BCUT2D eigenvalue weighted by molar-refractivity contribution is -0.137. The van der Waals surface area contributed by atoms with Crippen molar-refractivity contribution in [1.82, 2.24) is 15.0 Å². The highest BCUT2D eigenvalue weighted by molar-refractivity contribution is 5.78. The predicted octanol–water partition coefficient (Wildman–Crippen LogP) is 4.93. The summed E-state index contributed by atoms with van der Waals surface area (Å²) in [4.78, 5) is 18.3. The van der Waals surface area contributed by atoms with Gasteiger partial charge in [-0.05, 0) is 31.0 Å². The largest absolute Gasteiger partial charge is 0.416 e. The van der Waals surface area contributed by atoms with Crippen molar-refractivity contribution in [2.24, 2.45) is 0 Å². The second-order valence-corrected chi connectivity index (χ2v) is 7.10. The molecule has 0 spiro atoms. The Labute approximate surface area is 165 Å². The van der Waals surface area contributed by atoms with Crippen LogP contribution in [0.5, 0.6) is 0 Å². The molecule has 29 heavy (non-hydrogen) atoms. The van der Waals surface area contributed by atoms with Gasteiger partial charge in [-0.15, -0.1) is 0 Å². The molecule has 1 atom stereocenters. The van der Waals surface area contributed by atoms with Crippen molar-refractivity contribution < 1.29 is 22.5 Å². The maximum absolute atomic E-state index is 13.0. The fraction of sp³-hybridized carbons (Fsp3) is 0.286. The number of carbonyl (C=O) groups excluding carboxylic acids is 1. The number of nitrogens with zero attached hydrogens (tertiary/aromatic N) is 3. The van der Waals surface area contributed by atoms with E-state index < -0.39 is 17.8 Å². The van der Waals surface area contributed by atoms with E-state index in [4.69, 9.17) is 4.52 Å². The summed E-state index contributed by atoms with van der Waals surface area (Å²) in [7, 11) is 0. The summed E-state index contributed by atoms with van der Waals surface area (Å²) in [5.41, 5.74) is 1.56. The first-order valence-corrected chi connectivity index (χ1v) is 9.17. The molecule has 4 rings (SSSR count). The number of benzene rings is 2. The molecule has 0 bridgehead atoms. The quantitative estimate of drug-likeness (QED) is 0.622. The summed E-state index contributed by atoms with van der Waals surface area (Å²) in [6.45, 7) is 2.02. The minimum absolute atomic E-state index is 0.0513. The number of amides is 1. The lowest BCUT2D eigenvalue weighted by Gasteiger charge is -2.22. The monoisotopic (exact) mass is 401 g/mol. The first-order chi connectivity index (χ1) is 13.8. The lowest BCUT2D eigenvalue weighted by atomic mass is 10.1. The van der Waals surface area contributed by atoms with E-state index in [-0.39, 0.29) is 18.9 Å². The fourth-order valence-corrected chi connectivity index (χ4v) is 3.42. The summed E-state index contributed by atoms with van der Waals surface area (Å²) in [6, 6.07) is 12.2. The van der Waals surface area contributed by atoms with Crippen LogP contribution in [0.3, 0.4) is 0 Å². The molecule has 3 aromatic rings. The van der Waals surface area contributed by atoms with Gasteiger partial charge in [0.1, 0.15) is 6.04 Å². The molecule has 1 amide bonds. The van der Waals surface area contributed by atoms with Gasteiger partial charge in [0.15, 0.2) is 0 Å². The van der Waals surface area contributed by atoms with E-state index >= 15 is 0 Å². The van der Waals surface area contributed by atoms with Crippen molar-refractivity contribution in [3.05, 3.63) is 71.1 Å². The van der Waals surface area contributed by atoms with Gasteiger partial charge >= 0.3 is 6.18 Å². The maximum Gasteiger partial charge on any atom is 0.416 e. The number of hydrogen-bond donors (Lipinski definition) is 0. The zero-order valence-electron chi connectivity index (χ0n) is 15.6. The molecular weight excluding hydrogens is 383 g/mol. The Morgan fingerprint density at radius 1 is 1.17 bits per heavy atom. The van der Waals surface area contributed by atoms with Gasteiger partial charge in [0.25, 0.3) is 0 Å². The van der Waals surface area contributed by atoms with E-state index in [9.17, 15) is 18.0 Å². The highest BCUT2D eigenvalue weighted by atomic mass is 19.4. The van der Waals surface area contributed by atoms with Gasteiger partial charge in [0.05, 0.1) is 5.56 Å². The molecule has 0 aliphatic carbocycles. The number of hydrogen-bond acceptors (Lipinski definition) is 4. The normalized spacial score (nSPS) is 17.2. The van der Waals surface area contributed by atoms with Crippen molar-refractivity contribution in [3.8, 4) is 11.4 Å². The smallest absolute Gasteiger partial charge is 0.337 e. The Kier molecular flexibility index (Phi) is 4.86. The van der Waals surface area contributed by atoms with Crippen LogP contribution in [0, 0.1) is 6.92 Å². The number of alkyl halides is 3. The first-order valence-electron chi connectivity index (χ1n) is 9.17. The molecule has 0 radical (unpaired) electrons. The number of carbonyl (C=O) groups is 1. The van der Waals surface area contributed by atoms with Gasteiger partial charge in [0, 0.05) is 18.5 Å². The van der Waals surface area contributed by atoms with Crippen LogP contribution in [0.4, 0.5) is 13.2 Å². The van der Waals surface area contributed by atoms with Crippen LogP contribution in [-0.4, -0.2) is 20.9 Å². The molecule has 2 aromatic carbocycles. The van der Waals surface area contributed by atoms with Crippen LogP contribution in [-0.2, 0) is 17.5 Å². The van der Waals surface area contributed by atoms with E-state index in [0.717, 1.165) is 23.3 Å². The van der Waals surface area contributed by atoms with E-state index in [2.05, 4.69) is 10.1 Å². The number of likely N-dealkylation sites (tertiary alicyclic amines) is 1. The maximum atomic E-state index is 13.0. The van der Waals surface area contributed by atoms with Crippen molar-refractivity contribution in [1.29, 1.82) is 0 Å². The van der Waals surface area contributed by atoms with Gasteiger partial charge < -0.3 is 9.42 Å². The van der Waals surface area contributed by atoms with E-state index in [1.807, 2.05) is 31.2 Å². The highest BCUT2D eigenvalue weighted by Crippen LogP contribution is 2.35. The second-order valence-electron chi connectivity index (χ2n) is 7.10. The molecule has 0 N–H and O–H groups in total. The topological polar surface area (TPSA) is 59.2 Å². The number of rotatable bonds is 4. The van der Waals surface area contributed by atoms with Crippen molar-refractivity contribution >= 4 is 5.91 Å². The highest BCUT2D eigenvalue weighted by Gasteiger charge is 2.36. The Morgan fingerprint density at radius 3 is 2.66 bits per heavy atom. The Bertz CT molecular complexity index is 1030. The molecular formula is C21H18F3N3O2. The van der Waals surface area contributed by atoms with Gasteiger partial charge in [-0.2, -0.15) is 18.2 Å². The lowest BCUT2D eigenvalue weighted by Crippen LogP contribution is -2.27.